The Morgan fingerprint density at radius 1 is 0.914 bits per heavy atom. The number of benzene rings is 3. The first kappa shape index (κ1) is 24.3. The lowest BCUT2D eigenvalue weighted by Gasteiger charge is -2.13. The van der Waals surface area contributed by atoms with Crippen molar-refractivity contribution < 1.29 is 19.1 Å². The summed E-state index contributed by atoms with van der Waals surface area (Å²) < 4.78 is 10.6. The summed E-state index contributed by atoms with van der Waals surface area (Å²) >= 11 is 2.75. The summed E-state index contributed by atoms with van der Waals surface area (Å²) in [4.78, 5) is 30.7. The zero-order valence-corrected chi connectivity index (χ0v) is 20.7. The minimum atomic E-state index is -0.350. The number of hydrogen-bond donors (Lipinski definition) is 2. The van der Waals surface area contributed by atoms with Gasteiger partial charge in [0.2, 0.25) is 5.91 Å². The van der Waals surface area contributed by atoms with Gasteiger partial charge in [-0.2, -0.15) is 0 Å². The van der Waals surface area contributed by atoms with Gasteiger partial charge < -0.3 is 20.1 Å². The van der Waals surface area contributed by atoms with Gasteiger partial charge >= 0.3 is 0 Å². The maximum absolute atomic E-state index is 12.9. The SMILES string of the molecule is COc1cccc(OC)c1C(=O)Nc1cccc(SCC(=O)Nc2nc(-c3ccccc3)cs2)c1. The highest BCUT2D eigenvalue weighted by atomic mass is 32.2. The molecular weight excluding hydrogens is 482 g/mol. The van der Waals surface area contributed by atoms with Gasteiger partial charge in [-0.15, -0.1) is 23.1 Å². The van der Waals surface area contributed by atoms with Crippen molar-refractivity contribution >= 4 is 45.7 Å². The van der Waals surface area contributed by atoms with Gasteiger partial charge in [0.05, 0.1) is 25.7 Å². The predicted octanol–water partition coefficient (Wildman–Crippen LogP) is 5.81. The Kier molecular flexibility index (Phi) is 8.02. The molecule has 3 aromatic carbocycles. The number of anilines is 2. The summed E-state index contributed by atoms with van der Waals surface area (Å²) in [5.41, 5.74) is 2.74. The first-order valence-electron chi connectivity index (χ1n) is 10.6. The maximum atomic E-state index is 12.9. The van der Waals surface area contributed by atoms with E-state index in [9.17, 15) is 9.59 Å². The van der Waals surface area contributed by atoms with Gasteiger partial charge in [0.15, 0.2) is 5.13 Å². The Labute approximate surface area is 211 Å². The van der Waals surface area contributed by atoms with Crippen LogP contribution in [0.5, 0.6) is 11.5 Å². The molecule has 0 bridgehead atoms. The standard InChI is InChI=1S/C26H23N3O4S2/c1-32-21-12-7-13-22(33-2)24(21)25(31)27-18-10-6-11-19(14-18)34-16-23(30)29-26-28-20(15-35-26)17-8-4-3-5-9-17/h3-15H,16H2,1-2H3,(H,27,31)(H,28,29,30). The first-order valence-corrected chi connectivity index (χ1v) is 12.5. The van der Waals surface area contributed by atoms with Crippen molar-refractivity contribution in [3.8, 4) is 22.8 Å². The molecule has 0 unspecified atom stereocenters. The van der Waals surface area contributed by atoms with E-state index < -0.39 is 0 Å². The van der Waals surface area contributed by atoms with E-state index >= 15 is 0 Å². The summed E-state index contributed by atoms with van der Waals surface area (Å²) in [7, 11) is 3.00. The van der Waals surface area contributed by atoms with Gasteiger partial charge in [0.25, 0.3) is 5.91 Å². The molecule has 1 aromatic heterocycles. The second-order valence-corrected chi connectivity index (χ2v) is 9.17. The summed E-state index contributed by atoms with van der Waals surface area (Å²) in [5.74, 6) is 0.537. The molecule has 0 fully saturated rings. The third kappa shape index (κ3) is 6.20. The van der Waals surface area contributed by atoms with Crippen molar-refractivity contribution in [2.75, 3.05) is 30.6 Å². The monoisotopic (exact) mass is 505 g/mol. The summed E-state index contributed by atoms with van der Waals surface area (Å²) in [6.07, 6.45) is 0. The molecular formula is C26H23N3O4S2. The van der Waals surface area contributed by atoms with Crippen LogP contribution in [0.25, 0.3) is 11.3 Å². The van der Waals surface area contributed by atoms with Crippen molar-refractivity contribution in [2.24, 2.45) is 0 Å². The topological polar surface area (TPSA) is 89.5 Å². The largest absolute Gasteiger partial charge is 0.496 e. The lowest BCUT2D eigenvalue weighted by Crippen LogP contribution is -2.15. The summed E-state index contributed by atoms with van der Waals surface area (Å²) in [6, 6.07) is 22.3. The lowest BCUT2D eigenvalue weighted by molar-refractivity contribution is -0.113. The minimum Gasteiger partial charge on any atom is -0.496 e. The fourth-order valence-corrected chi connectivity index (χ4v) is 4.80. The van der Waals surface area contributed by atoms with Gasteiger partial charge in [0, 0.05) is 21.5 Å². The van der Waals surface area contributed by atoms with Crippen molar-refractivity contribution in [3.05, 3.63) is 83.7 Å². The molecule has 2 N–H and O–H groups in total. The van der Waals surface area contributed by atoms with Gasteiger partial charge in [-0.3, -0.25) is 9.59 Å². The lowest BCUT2D eigenvalue weighted by atomic mass is 10.1. The predicted molar refractivity (Wildman–Crippen MR) is 141 cm³/mol. The molecule has 4 aromatic rings. The molecule has 0 atom stereocenters. The normalized spacial score (nSPS) is 10.5. The molecule has 0 spiro atoms. The quantitative estimate of drug-likeness (QED) is 0.279. The fourth-order valence-electron chi connectivity index (χ4n) is 3.31. The molecule has 35 heavy (non-hydrogen) atoms. The van der Waals surface area contributed by atoms with Gasteiger partial charge in [-0.05, 0) is 30.3 Å². The van der Waals surface area contributed by atoms with Gasteiger partial charge in [0.1, 0.15) is 17.1 Å². The summed E-state index contributed by atoms with van der Waals surface area (Å²) in [5, 5.41) is 8.19. The number of carbonyl (C=O) groups is 2. The van der Waals surface area contributed by atoms with E-state index in [-0.39, 0.29) is 17.6 Å². The summed E-state index contributed by atoms with van der Waals surface area (Å²) in [6.45, 7) is 0. The molecule has 0 saturated carbocycles. The number of ether oxygens (including phenoxy) is 2. The third-order valence-corrected chi connectivity index (χ3v) is 6.69. The van der Waals surface area contributed by atoms with Gasteiger partial charge in [-0.1, -0.05) is 42.5 Å². The van der Waals surface area contributed by atoms with Crippen LogP contribution < -0.4 is 20.1 Å². The number of methoxy groups -OCH3 is 2. The van der Waals surface area contributed by atoms with E-state index in [0.717, 1.165) is 16.2 Å². The van der Waals surface area contributed by atoms with Crippen LogP contribution in [-0.4, -0.2) is 36.8 Å². The molecule has 1 heterocycles. The number of carbonyl (C=O) groups excluding carboxylic acids is 2. The minimum absolute atomic E-state index is 0.155. The van der Waals surface area contributed by atoms with E-state index in [1.165, 1.54) is 37.3 Å². The Morgan fingerprint density at radius 2 is 1.63 bits per heavy atom. The number of nitrogens with one attached hydrogen (secondary N) is 2. The number of thioether (sulfide) groups is 1. The van der Waals surface area contributed by atoms with E-state index in [1.54, 1.807) is 24.3 Å². The number of rotatable bonds is 9. The van der Waals surface area contributed by atoms with Crippen LogP contribution in [-0.2, 0) is 4.79 Å². The molecule has 0 aliphatic carbocycles. The number of thiazole rings is 1. The Balaban J connectivity index is 1.36. The maximum Gasteiger partial charge on any atom is 0.263 e. The highest BCUT2D eigenvalue weighted by molar-refractivity contribution is 8.00. The second-order valence-electron chi connectivity index (χ2n) is 7.26. The molecule has 4 rings (SSSR count). The number of hydrogen-bond acceptors (Lipinski definition) is 7. The van der Waals surface area contributed by atoms with Crippen LogP contribution >= 0.6 is 23.1 Å². The van der Waals surface area contributed by atoms with Crippen molar-refractivity contribution in [1.29, 1.82) is 0 Å². The average molecular weight is 506 g/mol. The van der Waals surface area contributed by atoms with E-state index in [0.29, 0.717) is 27.9 Å². The average Bonchev–Trinajstić information content (AvgIpc) is 3.36. The fraction of sp³-hybridized carbons (Fsp3) is 0.115. The highest BCUT2D eigenvalue weighted by Crippen LogP contribution is 2.30. The molecule has 0 aliphatic rings. The van der Waals surface area contributed by atoms with Crippen molar-refractivity contribution in [3.63, 3.8) is 0 Å². The zero-order valence-electron chi connectivity index (χ0n) is 19.1. The van der Waals surface area contributed by atoms with Crippen LogP contribution in [0.4, 0.5) is 10.8 Å². The van der Waals surface area contributed by atoms with E-state index in [2.05, 4.69) is 15.6 Å². The Bertz CT molecular complexity index is 1300. The molecule has 0 radical (unpaired) electrons. The smallest absolute Gasteiger partial charge is 0.263 e. The van der Waals surface area contributed by atoms with E-state index in [4.69, 9.17) is 9.47 Å². The van der Waals surface area contributed by atoms with Gasteiger partial charge in [-0.25, -0.2) is 4.98 Å². The van der Waals surface area contributed by atoms with E-state index in [1.807, 2.05) is 53.9 Å². The molecule has 2 amide bonds. The highest BCUT2D eigenvalue weighted by Gasteiger charge is 2.18. The zero-order chi connectivity index (χ0) is 24.6. The van der Waals surface area contributed by atoms with Crippen molar-refractivity contribution in [1.82, 2.24) is 4.98 Å². The van der Waals surface area contributed by atoms with Crippen LogP contribution in [0.3, 0.4) is 0 Å². The number of amides is 2. The molecule has 0 aliphatic heterocycles. The third-order valence-electron chi connectivity index (χ3n) is 4.94. The number of nitrogens with zero attached hydrogens (tertiary/aromatic N) is 1. The first-order chi connectivity index (χ1) is 17.1. The Morgan fingerprint density at radius 3 is 2.34 bits per heavy atom. The van der Waals surface area contributed by atoms with Crippen LogP contribution in [0.15, 0.2) is 83.1 Å². The van der Waals surface area contributed by atoms with Crippen molar-refractivity contribution in [2.45, 2.75) is 4.90 Å². The van der Waals surface area contributed by atoms with Crippen LogP contribution in [0.2, 0.25) is 0 Å². The molecule has 0 saturated heterocycles. The molecule has 7 nitrogen and oxygen atoms in total. The Hall–Kier alpha value is -3.82. The number of aromatic nitrogens is 1. The van der Waals surface area contributed by atoms with Crippen LogP contribution in [0, 0.1) is 0 Å². The van der Waals surface area contributed by atoms with Crippen LogP contribution in [0.1, 0.15) is 10.4 Å². The second kappa shape index (κ2) is 11.5. The molecule has 178 valence electrons. The molecule has 9 heteroatoms.